The predicted molar refractivity (Wildman–Crippen MR) is 54.7 cm³/mol. The number of carbonyl (C=O) groups excluding carboxylic acids is 1. The molecule has 1 rings (SSSR count). The number of Topliss-reactive ketones (excluding diaryl/α,β-unsaturated/α-hetero) is 1. The number of ketones is 1. The van der Waals surface area contributed by atoms with Crippen LogP contribution in [0.15, 0.2) is 36.9 Å². The monoisotopic (exact) mass is 174 g/mol. The Bertz CT molecular complexity index is 313. The molecule has 0 saturated heterocycles. The highest BCUT2D eigenvalue weighted by atomic mass is 16.1. The molecule has 1 nitrogen and oxygen atoms in total. The third kappa shape index (κ3) is 2.86. The largest absolute Gasteiger partial charge is 0.300 e. The van der Waals surface area contributed by atoms with Crippen LogP contribution in [0.4, 0.5) is 0 Å². The Morgan fingerprint density at radius 2 is 2.00 bits per heavy atom. The summed E-state index contributed by atoms with van der Waals surface area (Å²) in [6.07, 6.45) is 3.23. The Morgan fingerprint density at radius 3 is 2.54 bits per heavy atom. The minimum atomic E-state index is 0.205. The van der Waals surface area contributed by atoms with E-state index in [1.54, 1.807) is 6.92 Å². The van der Waals surface area contributed by atoms with E-state index in [2.05, 4.69) is 6.58 Å². The van der Waals surface area contributed by atoms with Gasteiger partial charge in [0.15, 0.2) is 0 Å². The first kappa shape index (κ1) is 9.72. The van der Waals surface area contributed by atoms with Crippen molar-refractivity contribution < 1.29 is 4.79 Å². The average molecular weight is 174 g/mol. The van der Waals surface area contributed by atoms with Crippen LogP contribution in [-0.4, -0.2) is 5.78 Å². The van der Waals surface area contributed by atoms with E-state index in [0.29, 0.717) is 6.42 Å². The molecule has 0 aromatic heterocycles. The van der Waals surface area contributed by atoms with Gasteiger partial charge in [-0.25, -0.2) is 0 Å². The van der Waals surface area contributed by atoms with Gasteiger partial charge in [-0.05, 0) is 24.5 Å². The molecule has 0 heterocycles. The number of carbonyl (C=O) groups is 1. The van der Waals surface area contributed by atoms with Crippen LogP contribution in [0.25, 0.3) is 0 Å². The first-order chi connectivity index (χ1) is 6.24. The summed E-state index contributed by atoms with van der Waals surface area (Å²) in [7, 11) is 0. The first-order valence-corrected chi connectivity index (χ1v) is 4.41. The lowest BCUT2D eigenvalue weighted by molar-refractivity contribution is -0.116. The van der Waals surface area contributed by atoms with Crippen molar-refractivity contribution in [2.75, 3.05) is 0 Å². The van der Waals surface area contributed by atoms with Gasteiger partial charge in [-0.2, -0.15) is 0 Å². The molecular weight excluding hydrogens is 160 g/mol. The number of allylic oxidation sites excluding steroid dienone is 1. The van der Waals surface area contributed by atoms with Gasteiger partial charge in [0.1, 0.15) is 5.78 Å². The van der Waals surface area contributed by atoms with Crippen LogP contribution in [0, 0.1) is 0 Å². The molecule has 0 aliphatic carbocycles. The van der Waals surface area contributed by atoms with Gasteiger partial charge in [0.2, 0.25) is 0 Å². The molecule has 0 bridgehead atoms. The van der Waals surface area contributed by atoms with Crippen LogP contribution in [0.3, 0.4) is 0 Å². The molecule has 0 unspecified atom stereocenters. The van der Waals surface area contributed by atoms with Crippen LogP contribution in [0.2, 0.25) is 0 Å². The van der Waals surface area contributed by atoms with E-state index in [1.165, 1.54) is 5.56 Å². The van der Waals surface area contributed by atoms with Gasteiger partial charge in [0.25, 0.3) is 0 Å². The zero-order valence-corrected chi connectivity index (χ0v) is 7.92. The van der Waals surface area contributed by atoms with Crippen molar-refractivity contribution in [2.45, 2.75) is 19.8 Å². The van der Waals surface area contributed by atoms with E-state index >= 15 is 0 Å². The molecule has 1 heteroatoms. The molecule has 0 aliphatic heterocycles. The third-order valence-electron chi connectivity index (χ3n) is 1.92. The van der Waals surface area contributed by atoms with Crippen LogP contribution >= 0.6 is 0 Å². The Labute approximate surface area is 79.1 Å². The highest BCUT2D eigenvalue weighted by Crippen LogP contribution is 2.10. The van der Waals surface area contributed by atoms with Crippen molar-refractivity contribution in [3.63, 3.8) is 0 Å². The molecule has 0 spiro atoms. The van der Waals surface area contributed by atoms with E-state index in [1.807, 2.05) is 30.3 Å². The molecule has 0 radical (unpaired) electrons. The normalized spacial score (nSPS) is 9.62. The number of benzene rings is 1. The van der Waals surface area contributed by atoms with E-state index in [4.69, 9.17) is 0 Å². The van der Waals surface area contributed by atoms with Crippen molar-refractivity contribution in [1.29, 1.82) is 0 Å². The average Bonchev–Trinajstić information content (AvgIpc) is 2.08. The van der Waals surface area contributed by atoms with Crippen molar-refractivity contribution in [2.24, 2.45) is 0 Å². The van der Waals surface area contributed by atoms with Gasteiger partial charge < -0.3 is 0 Å². The minimum Gasteiger partial charge on any atom is -0.300 e. The maximum Gasteiger partial charge on any atom is 0.134 e. The molecule has 68 valence electrons. The summed E-state index contributed by atoms with van der Waals surface area (Å²) in [5, 5.41) is 0. The van der Waals surface area contributed by atoms with Gasteiger partial charge in [0, 0.05) is 6.42 Å². The van der Waals surface area contributed by atoms with Crippen LogP contribution in [0.5, 0.6) is 0 Å². The fourth-order valence-corrected chi connectivity index (χ4v) is 1.35. The maximum atomic E-state index is 10.9. The molecule has 0 fully saturated rings. The molecule has 0 atom stereocenters. The summed E-state index contributed by atoms with van der Waals surface area (Å²) in [6, 6.07) is 7.99. The molecule has 0 aliphatic rings. The summed E-state index contributed by atoms with van der Waals surface area (Å²) in [5.74, 6) is 0.205. The second kappa shape index (κ2) is 4.61. The predicted octanol–water partition coefficient (Wildman–Crippen LogP) is 2.55. The topological polar surface area (TPSA) is 17.1 Å². The highest BCUT2D eigenvalue weighted by molar-refractivity contribution is 5.78. The van der Waals surface area contributed by atoms with E-state index < -0.39 is 0 Å². The Kier molecular flexibility index (Phi) is 3.44. The Balaban J connectivity index is 2.90. The van der Waals surface area contributed by atoms with Crippen molar-refractivity contribution >= 4 is 5.78 Å². The standard InChI is InChI=1S/C12H14O/c1-3-6-11-7-4-5-8-12(11)9-10(2)13/h3-5,7-8H,1,6,9H2,2H3. The Morgan fingerprint density at radius 1 is 1.38 bits per heavy atom. The highest BCUT2D eigenvalue weighted by Gasteiger charge is 2.01. The summed E-state index contributed by atoms with van der Waals surface area (Å²) in [5.41, 5.74) is 2.32. The number of hydrogen-bond donors (Lipinski definition) is 0. The fourth-order valence-electron chi connectivity index (χ4n) is 1.35. The molecule has 1 aromatic rings. The summed E-state index contributed by atoms with van der Waals surface area (Å²) in [6.45, 7) is 5.31. The maximum absolute atomic E-state index is 10.9. The molecule has 0 N–H and O–H groups in total. The lowest BCUT2D eigenvalue weighted by Crippen LogP contribution is -2.00. The van der Waals surface area contributed by atoms with E-state index in [0.717, 1.165) is 12.0 Å². The lowest BCUT2D eigenvalue weighted by Gasteiger charge is -2.04. The molecular formula is C12H14O. The van der Waals surface area contributed by atoms with Crippen LogP contribution in [0.1, 0.15) is 18.1 Å². The van der Waals surface area contributed by atoms with Crippen molar-refractivity contribution in [3.8, 4) is 0 Å². The zero-order valence-electron chi connectivity index (χ0n) is 7.92. The third-order valence-corrected chi connectivity index (χ3v) is 1.92. The van der Waals surface area contributed by atoms with Gasteiger partial charge in [0.05, 0.1) is 0 Å². The number of rotatable bonds is 4. The Hall–Kier alpha value is -1.37. The van der Waals surface area contributed by atoms with Crippen LogP contribution < -0.4 is 0 Å². The molecule has 13 heavy (non-hydrogen) atoms. The lowest BCUT2D eigenvalue weighted by atomic mass is 10.0. The summed E-state index contributed by atoms with van der Waals surface area (Å²) < 4.78 is 0. The van der Waals surface area contributed by atoms with Crippen molar-refractivity contribution in [1.82, 2.24) is 0 Å². The van der Waals surface area contributed by atoms with Crippen LogP contribution in [-0.2, 0) is 17.6 Å². The van der Waals surface area contributed by atoms with Crippen molar-refractivity contribution in [3.05, 3.63) is 48.0 Å². The molecule has 1 aromatic carbocycles. The first-order valence-electron chi connectivity index (χ1n) is 4.41. The molecule has 0 saturated carbocycles. The molecule has 0 amide bonds. The minimum absolute atomic E-state index is 0.205. The SMILES string of the molecule is C=CCc1ccccc1CC(C)=O. The quantitative estimate of drug-likeness (QED) is 0.641. The number of hydrogen-bond acceptors (Lipinski definition) is 1. The summed E-state index contributed by atoms with van der Waals surface area (Å²) in [4.78, 5) is 10.9. The van der Waals surface area contributed by atoms with E-state index in [-0.39, 0.29) is 5.78 Å². The summed E-state index contributed by atoms with van der Waals surface area (Å²) >= 11 is 0. The van der Waals surface area contributed by atoms with E-state index in [9.17, 15) is 4.79 Å². The zero-order chi connectivity index (χ0) is 9.68. The second-order valence-corrected chi connectivity index (χ2v) is 3.14. The van der Waals surface area contributed by atoms with Gasteiger partial charge in [-0.3, -0.25) is 4.79 Å². The van der Waals surface area contributed by atoms with Gasteiger partial charge >= 0.3 is 0 Å². The fraction of sp³-hybridized carbons (Fsp3) is 0.250. The van der Waals surface area contributed by atoms with Gasteiger partial charge in [-0.1, -0.05) is 30.3 Å². The smallest absolute Gasteiger partial charge is 0.134 e. The van der Waals surface area contributed by atoms with Gasteiger partial charge in [-0.15, -0.1) is 6.58 Å². The second-order valence-electron chi connectivity index (χ2n) is 3.14.